The molecule has 1 heterocycles. The Bertz CT molecular complexity index is 1160. The Balaban J connectivity index is 2.15. The van der Waals surface area contributed by atoms with E-state index in [0.29, 0.717) is 18.6 Å². The van der Waals surface area contributed by atoms with Gasteiger partial charge in [-0.15, -0.1) is 0 Å². The maximum absolute atomic E-state index is 14.0. The Morgan fingerprint density at radius 3 is 2.40 bits per heavy atom. The highest BCUT2D eigenvalue weighted by Crippen LogP contribution is 2.43. The molecule has 3 rings (SSSR count). The molecule has 0 saturated carbocycles. The smallest absolute Gasteiger partial charge is 0.248 e. The van der Waals surface area contributed by atoms with Gasteiger partial charge >= 0.3 is 0 Å². The summed E-state index contributed by atoms with van der Waals surface area (Å²) in [5, 5.41) is 0. The maximum Gasteiger partial charge on any atom is 0.248 e. The molecule has 9 heteroatoms. The molecule has 2 amide bonds. The number of nitrogens with two attached hydrogens (primary N) is 2. The fourth-order valence-corrected chi connectivity index (χ4v) is 5.35. The molecule has 0 bridgehead atoms. The molecule has 1 aliphatic rings. The molecule has 1 saturated heterocycles. The molecule has 216 valence electrons. The molecule has 0 aliphatic carbocycles. The SMILES string of the molecule is CC(C)C[C@](C(=O)NN)(c1ccccc1C(=O)[C@@H](C)N)[C@H](C/C=C/c1ccccc1)C(=O)NOC1CCCCO1. The largest absolute Gasteiger partial charge is 0.350 e. The van der Waals surface area contributed by atoms with Gasteiger partial charge < -0.3 is 10.5 Å². The number of Topliss-reactive ketones (excluding diaryl/α,β-unsaturated/α-hetero) is 1. The van der Waals surface area contributed by atoms with E-state index in [1.54, 1.807) is 31.2 Å². The predicted molar refractivity (Wildman–Crippen MR) is 154 cm³/mol. The molecule has 1 fully saturated rings. The molecule has 1 aliphatic heterocycles. The summed E-state index contributed by atoms with van der Waals surface area (Å²) >= 11 is 0. The molecular formula is C31H42N4O5. The summed E-state index contributed by atoms with van der Waals surface area (Å²) in [6, 6.07) is 15.6. The van der Waals surface area contributed by atoms with Crippen LogP contribution in [0, 0.1) is 11.8 Å². The Morgan fingerprint density at radius 1 is 1.07 bits per heavy atom. The van der Waals surface area contributed by atoms with Gasteiger partial charge in [0, 0.05) is 18.6 Å². The molecule has 0 radical (unpaired) electrons. The van der Waals surface area contributed by atoms with Crippen molar-refractivity contribution in [1.29, 1.82) is 0 Å². The first-order valence-electron chi connectivity index (χ1n) is 13.9. The number of rotatable bonds is 13. The molecule has 40 heavy (non-hydrogen) atoms. The average Bonchev–Trinajstić information content (AvgIpc) is 2.97. The lowest BCUT2D eigenvalue weighted by molar-refractivity contribution is -0.203. The van der Waals surface area contributed by atoms with E-state index in [1.807, 2.05) is 56.3 Å². The van der Waals surface area contributed by atoms with Crippen LogP contribution in [0.4, 0.5) is 0 Å². The minimum atomic E-state index is -1.52. The van der Waals surface area contributed by atoms with Gasteiger partial charge in [-0.3, -0.25) is 19.8 Å². The van der Waals surface area contributed by atoms with Gasteiger partial charge in [-0.1, -0.05) is 80.6 Å². The standard InChI is InChI=1S/C31H42N4O5/c1-21(2)20-31(30(38)34-33,25-16-8-7-15-24(25)28(36)22(3)32)26(17-11-14-23-12-5-4-6-13-23)29(37)35-40-27-18-9-10-19-39-27/h4-8,11-16,21-22,26-27H,9-10,17-20,32-33H2,1-3H3,(H,34,38)(H,35,37)/b14-11+/t22-,26-,27?,31+/m1/s1. The van der Waals surface area contributed by atoms with Crippen LogP contribution in [0.1, 0.15) is 74.4 Å². The third-order valence-electron chi connectivity index (χ3n) is 7.18. The van der Waals surface area contributed by atoms with Crippen molar-refractivity contribution in [3.8, 4) is 0 Å². The number of nitrogens with one attached hydrogen (secondary N) is 2. The summed E-state index contributed by atoms with van der Waals surface area (Å²) in [7, 11) is 0. The van der Waals surface area contributed by atoms with E-state index in [-0.39, 0.29) is 30.1 Å². The number of hydrogen-bond acceptors (Lipinski definition) is 7. The van der Waals surface area contributed by atoms with Gasteiger partial charge in [0.2, 0.25) is 11.8 Å². The number of ether oxygens (including phenoxy) is 1. The monoisotopic (exact) mass is 550 g/mol. The molecule has 6 N–H and O–H groups in total. The highest BCUT2D eigenvalue weighted by molar-refractivity contribution is 6.04. The Labute approximate surface area is 236 Å². The van der Waals surface area contributed by atoms with Crippen LogP contribution < -0.4 is 22.5 Å². The summed E-state index contributed by atoms with van der Waals surface area (Å²) in [5.41, 5.74) is 11.0. The van der Waals surface area contributed by atoms with Crippen molar-refractivity contribution in [3.05, 3.63) is 77.4 Å². The minimum absolute atomic E-state index is 0.0493. The lowest BCUT2D eigenvalue weighted by Crippen LogP contribution is -2.57. The van der Waals surface area contributed by atoms with Gasteiger partial charge in [0.05, 0.1) is 17.4 Å². The van der Waals surface area contributed by atoms with Crippen LogP contribution in [-0.2, 0) is 24.6 Å². The topological polar surface area (TPSA) is 146 Å². The molecular weight excluding hydrogens is 508 g/mol. The van der Waals surface area contributed by atoms with Crippen LogP contribution in [0.15, 0.2) is 60.7 Å². The van der Waals surface area contributed by atoms with E-state index in [0.717, 1.165) is 18.4 Å². The molecule has 2 aromatic carbocycles. The van der Waals surface area contributed by atoms with Crippen molar-refractivity contribution in [2.45, 2.75) is 70.6 Å². The van der Waals surface area contributed by atoms with E-state index in [4.69, 9.17) is 21.2 Å². The lowest BCUT2D eigenvalue weighted by Gasteiger charge is -2.41. The molecule has 0 spiro atoms. The second kappa shape index (κ2) is 14.9. The summed E-state index contributed by atoms with van der Waals surface area (Å²) in [6.07, 6.45) is 6.06. The first kappa shape index (κ1) is 31.2. The molecule has 1 unspecified atom stereocenters. The zero-order valence-corrected chi connectivity index (χ0v) is 23.6. The second-order valence-electron chi connectivity index (χ2n) is 10.7. The number of hydroxylamine groups is 1. The third-order valence-corrected chi connectivity index (χ3v) is 7.18. The van der Waals surface area contributed by atoms with Crippen molar-refractivity contribution < 1.29 is 24.0 Å². The Hall–Kier alpha value is -3.37. The molecule has 4 atom stereocenters. The maximum atomic E-state index is 14.0. The van der Waals surface area contributed by atoms with Gasteiger partial charge in [0.1, 0.15) is 0 Å². The zero-order valence-electron chi connectivity index (χ0n) is 23.6. The summed E-state index contributed by atoms with van der Waals surface area (Å²) in [5.74, 6) is 3.33. The fourth-order valence-electron chi connectivity index (χ4n) is 5.35. The zero-order chi connectivity index (χ0) is 29.1. The van der Waals surface area contributed by atoms with E-state index in [1.165, 1.54) is 0 Å². The van der Waals surface area contributed by atoms with Crippen molar-refractivity contribution >= 4 is 23.7 Å². The summed E-state index contributed by atoms with van der Waals surface area (Å²) in [4.78, 5) is 46.9. The Kier molecular flexibility index (Phi) is 11.6. The number of carbonyl (C=O) groups is 3. The van der Waals surface area contributed by atoms with E-state index >= 15 is 0 Å². The quantitative estimate of drug-likeness (QED) is 0.128. The first-order valence-corrected chi connectivity index (χ1v) is 13.9. The van der Waals surface area contributed by atoms with E-state index in [9.17, 15) is 14.4 Å². The van der Waals surface area contributed by atoms with Crippen LogP contribution >= 0.6 is 0 Å². The number of hydrogen-bond donors (Lipinski definition) is 4. The first-order chi connectivity index (χ1) is 19.2. The van der Waals surface area contributed by atoms with Crippen molar-refractivity contribution in [2.75, 3.05) is 6.61 Å². The van der Waals surface area contributed by atoms with Crippen molar-refractivity contribution in [1.82, 2.24) is 10.9 Å². The van der Waals surface area contributed by atoms with Crippen LogP contribution in [-0.4, -0.2) is 36.5 Å². The molecule has 2 aromatic rings. The van der Waals surface area contributed by atoms with Crippen molar-refractivity contribution in [2.24, 2.45) is 23.4 Å². The van der Waals surface area contributed by atoms with Gasteiger partial charge in [0.25, 0.3) is 0 Å². The highest BCUT2D eigenvalue weighted by Gasteiger charge is 2.51. The lowest BCUT2D eigenvalue weighted by atomic mass is 9.62. The summed E-state index contributed by atoms with van der Waals surface area (Å²) < 4.78 is 5.62. The number of ketones is 1. The minimum Gasteiger partial charge on any atom is -0.350 e. The number of allylic oxidation sites excluding steroid dienone is 1. The normalized spacial score (nSPS) is 18.6. The fraction of sp³-hybridized carbons (Fsp3) is 0.452. The van der Waals surface area contributed by atoms with Crippen LogP contribution in [0.5, 0.6) is 0 Å². The number of benzene rings is 2. The van der Waals surface area contributed by atoms with E-state index in [2.05, 4.69) is 10.9 Å². The van der Waals surface area contributed by atoms with Gasteiger partial charge in [-0.2, -0.15) is 0 Å². The highest BCUT2D eigenvalue weighted by atomic mass is 16.8. The average molecular weight is 551 g/mol. The molecule has 9 nitrogen and oxygen atoms in total. The molecule has 0 aromatic heterocycles. The van der Waals surface area contributed by atoms with Gasteiger partial charge in [-0.25, -0.2) is 16.2 Å². The van der Waals surface area contributed by atoms with Crippen molar-refractivity contribution in [3.63, 3.8) is 0 Å². The van der Waals surface area contributed by atoms with Crippen LogP contribution in [0.25, 0.3) is 6.08 Å². The number of carbonyl (C=O) groups excluding carboxylic acids is 3. The Morgan fingerprint density at radius 2 is 1.77 bits per heavy atom. The van der Waals surface area contributed by atoms with Crippen LogP contribution in [0.3, 0.4) is 0 Å². The second-order valence-corrected chi connectivity index (χ2v) is 10.7. The van der Waals surface area contributed by atoms with E-state index < -0.39 is 35.5 Å². The number of hydrazine groups is 1. The van der Waals surface area contributed by atoms with Gasteiger partial charge in [-0.05, 0) is 49.7 Å². The van der Waals surface area contributed by atoms with Gasteiger partial charge in [0.15, 0.2) is 12.1 Å². The number of amides is 2. The summed E-state index contributed by atoms with van der Waals surface area (Å²) in [6.45, 7) is 6.05. The van der Waals surface area contributed by atoms with Crippen LogP contribution in [0.2, 0.25) is 0 Å². The third kappa shape index (κ3) is 7.63. The predicted octanol–water partition coefficient (Wildman–Crippen LogP) is 3.78.